The zero-order valence-corrected chi connectivity index (χ0v) is 18.5. The number of fused-ring (bicyclic) bond motifs is 1. The van der Waals surface area contributed by atoms with Crippen molar-refractivity contribution in [3.63, 3.8) is 0 Å². The summed E-state index contributed by atoms with van der Waals surface area (Å²) in [6.45, 7) is 10.3. The fourth-order valence-electron chi connectivity index (χ4n) is 4.37. The molecule has 1 aliphatic heterocycles. The molecule has 1 fully saturated rings. The van der Waals surface area contributed by atoms with Crippen LogP contribution in [0.15, 0.2) is 42.6 Å². The number of ether oxygens (including phenoxy) is 1. The summed E-state index contributed by atoms with van der Waals surface area (Å²) in [5.41, 5.74) is 3.39. The average Bonchev–Trinajstić information content (AvgIpc) is 2.78. The molecule has 0 saturated carbocycles. The van der Waals surface area contributed by atoms with E-state index >= 15 is 0 Å². The van der Waals surface area contributed by atoms with Gasteiger partial charge in [0, 0.05) is 40.5 Å². The van der Waals surface area contributed by atoms with Gasteiger partial charge in [-0.25, -0.2) is 0 Å². The van der Waals surface area contributed by atoms with Crippen LogP contribution in [-0.4, -0.2) is 34.4 Å². The van der Waals surface area contributed by atoms with E-state index < -0.39 is 0 Å². The second kappa shape index (κ2) is 8.68. The number of rotatable bonds is 6. The largest absolute Gasteiger partial charge is 0.378 e. The average molecular weight is 405 g/mol. The minimum absolute atomic E-state index is 0.147. The number of hydrogen-bond acceptors (Lipinski definition) is 5. The van der Waals surface area contributed by atoms with Crippen LogP contribution in [0.5, 0.6) is 0 Å². The summed E-state index contributed by atoms with van der Waals surface area (Å²) in [4.78, 5) is 4.32. The molecule has 0 amide bonds. The number of aryl methyl sites for hydroxylation is 1. The van der Waals surface area contributed by atoms with E-state index in [1.807, 2.05) is 13.1 Å². The highest BCUT2D eigenvalue weighted by atomic mass is 16.5. The number of benzene rings is 1. The summed E-state index contributed by atoms with van der Waals surface area (Å²) in [5, 5.41) is 15.2. The Morgan fingerprint density at radius 3 is 2.70 bits per heavy atom. The summed E-state index contributed by atoms with van der Waals surface area (Å²) in [6.07, 6.45) is 5.62. The van der Waals surface area contributed by atoms with Crippen LogP contribution in [0.2, 0.25) is 0 Å². The van der Waals surface area contributed by atoms with Crippen LogP contribution < -0.4 is 5.32 Å². The zero-order valence-electron chi connectivity index (χ0n) is 18.5. The molecule has 0 bridgehead atoms. The van der Waals surface area contributed by atoms with Crippen molar-refractivity contribution in [3.8, 4) is 0 Å². The summed E-state index contributed by atoms with van der Waals surface area (Å²) < 4.78 is 5.99. The molecule has 1 N–H and O–H groups in total. The molecule has 1 aromatic carbocycles. The number of nitrogens with zero attached hydrogens (tertiary/aromatic N) is 3. The number of nitrogens with one attached hydrogen (secondary N) is 1. The monoisotopic (exact) mass is 404 g/mol. The maximum absolute atomic E-state index is 5.99. The first kappa shape index (κ1) is 20.7. The van der Waals surface area contributed by atoms with Gasteiger partial charge >= 0.3 is 0 Å². The Kier molecular flexibility index (Phi) is 6.00. The minimum Gasteiger partial charge on any atom is -0.378 e. The van der Waals surface area contributed by atoms with E-state index in [0.29, 0.717) is 6.10 Å². The van der Waals surface area contributed by atoms with Gasteiger partial charge in [-0.15, -0.1) is 5.10 Å². The SMILES string of the molecule is CCC1(CNc2nnc(C(C)c3ccnc(C)c3)c3ccccc23)CCC(C)OC1. The third-order valence-corrected chi connectivity index (χ3v) is 6.68. The molecule has 1 saturated heterocycles. The molecule has 2 aromatic heterocycles. The molecule has 158 valence electrons. The van der Waals surface area contributed by atoms with E-state index in [4.69, 9.17) is 4.74 Å². The Labute approximate surface area is 179 Å². The second-order valence-corrected chi connectivity index (χ2v) is 8.80. The van der Waals surface area contributed by atoms with Crippen LogP contribution in [0.4, 0.5) is 5.82 Å². The maximum atomic E-state index is 5.99. The number of anilines is 1. The first-order valence-corrected chi connectivity index (χ1v) is 11.0. The normalized spacial score (nSPS) is 22.7. The Hall–Kier alpha value is -2.53. The van der Waals surface area contributed by atoms with E-state index in [-0.39, 0.29) is 11.3 Å². The first-order valence-electron chi connectivity index (χ1n) is 11.0. The van der Waals surface area contributed by atoms with Crippen molar-refractivity contribution in [1.29, 1.82) is 0 Å². The lowest BCUT2D eigenvalue weighted by Gasteiger charge is -2.39. The van der Waals surface area contributed by atoms with Crippen molar-refractivity contribution in [2.24, 2.45) is 5.41 Å². The zero-order chi connectivity index (χ0) is 21.1. The summed E-state index contributed by atoms with van der Waals surface area (Å²) in [7, 11) is 0. The van der Waals surface area contributed by atoms with E-state index in [0.717, 1.165) is 54.0 Å². The highest BCUT2D eigenvalue weighted by Gasteiger charge is 2.33. The van der Waals surface area contributed by atoms with E-state index in [9.17, 15) is 0 Å². The van der Waals surface area contributed by atoms with E-state index in [1.165, 1.54) is 12.0 Å². The van der Waals surface area contributed by atoms with Gasteiger partial charge in [-0.05, 0) is 50.8 Å². The number of pyridine rings is 1. The van der Waals surface area contributed by atoms with E-state index in [1.54, 1.807) is 0 Å². The van der Waals surface area contributed by atoms with Crippen LogP contribution in [-0.2, 0) is 4.74 Å². The second-order valence-electron chi connectivity index (χ2n) is 8.80. The molecule has 3 heterocycles. The molecule has 5 heteroatoms. The van der Waals surface area contributed by atoms with Gasteiger partial charge in [0.2, 0.25) is 0 Å². The predicted octanol–water partition coefficient (Wildman–Crippen LogP) is 5.49. The molecule has 0 spiro atoms. The first-order chi connectivity index (χ1) is 14.5. The van der Waals surface area contributed by atoms with Gasteiger partial charge < -0.3 is 10.1 Å². The number of aromatic nitrogens is 3. The van der Waals surface area contributed by atoms with Gasteiger partial charge in [-0.1, -0.05) is 38.1 Å². The summed E-state index contributed by atoms with van der Waals surface area (Å²) >= 11 is 0. The van der Waals surface area contributed by atoms with Crippen molar-refractivity contribution in [3.05, 3.63) is 59.5 Å². The fourth-order valence-corrected chi connectivity index (χ4v) is 4.37. The molecule has 3 aromatic rings. The van der Waals surface area contributed by atoms with Crippen molar-refractivity contribution >= 4 is 16.6 Å². The third-order valence-electron chi connectivity index (χ3n) is 6.68. The smallest absolute Gasteiger partial charge is 0.156 e. The molecule has 5 nitrogen and oxygen atoms in total. The topological polar surface area (TPSA) is 59.9 Å². The van der Waals surface area contributed by atoms with E-state index in [2.05, 4.69) is 77.7 Å². The van der Waals surface area contributed by atoms with Crippen molar-refractivity contribution < 1.29 is 4.74 Å². The van der Waals surface area contributed by atoms with Crippen LogP contribution in [0.3, 0.4) is 0 Å². The fraction of sp³-hybridized carbons (Fsp3) is 0.480. The molecule has 3 unspecified atom stereocenters. The third kappa shape index (κ3) is 4.17. The Morgan fingerprint density at radius 2 is 2.00 bits per heavy atom. The summed E-state index contributed by atoms with van der Waals surface area (Å²) in [6, 6.07) is 12.6. The lowest BCUT2D eigenvalue weighted by Crippen LogP contribution is -2.40. The predicted molar refractivity (Wildman–Crippen MR) is 122 cm³/mol. The molecule has 0 aliphatic carbocycles. The van der Waals surface area contributed by atoms with Crippen LogP contribution in [0.1, 0.15) is 62.9 Å². The molecular formula is C25H32N4O. The standard InChI is InChI=1S/C25H32N4O/c1-5-25(12-10-18(3)30-16-25)15-27-24-22-9-7-6-8-21(22)23(28-29-24)19(4)20-11-13-26-17(2)14-20/h6-9,11,13-14,18-19H,5,10,12,15-16H2,1-4H3,(H,27,29). The highest BCUT2D eigenvalue weighted by molar-refractivity contribution is 5.93. The Morgan fingerprint density at radius 1 is 1.20 bits per heavy atom. The van der Waals surface area contributed by atoms with Crippen LogP contribution >= 0.6 is 0 Å². The molecule has 30 heavy (non-hydrogen) atoms. The maximum Gasteiger partial charge on any atom is 0.156 e. The Balaban J connectivity index is 1.62. The quantitative estimate of drug-likeness (QED) is 0.588. The van der Waals surface area contributed by atoms with Gasteiger partial charge in [-0.3, -0.25) is 4.98 Å². The van der Waals surface area contributed by atoms with Crippen LogP contribution in [0, 0.1) is 12.3 Å². The van der Waals surface area contributed by atoms with Gasteiger partial charge in [0.15, 0.2) is 5.82 Å². The van der Waals surface area contributed by atoms with Gasteiger partial charge in [0.1, 0.15) is 0 Å². The Bertz CT molecular complexity index is 1010. The molecular weight excluding hydrogens is 372 g/mol. The van der Waals surface area contributed by atoms with Gasteiger partial charge in [0.05, 0.1) is 18.4 Å². The molecule has 4 rings (SSSR count). The lowest BCUT2D eigenvalue weighted by molar-refractivity contribution is -0.0502. The summed E-state index contributed by atoms with van der Waals surface area (Å²) in [5.74, 6) is 1.01. The molecule has 3 atom stereocenters. The van der Waals surface area contributed by atoms with Gasteiger partial charge in [-0.2, -0.15) is 5.10 Å². The molecule has 1 aliphatic rings. The number of hydrogen-bond donors (Lipinski definition) is 1. The lowest BCUT2D eigenvalue weighted by atomic mass is 9.79. The molecule has 0 radical (unpaired) electrons. The van der Waals surface area contributed by atoms with Crippen LogP contribution in [0.25, 0.3) is 10.8 Å². The highest BCUT2D eigenvalue weighted by Crippen LogP contribution is 2.36. The van der Waals surface area contributed by atoms with Crippen molar-refractivity contribution in [2.45, 2.75) is 59.0 Å². The van der Waals surface area contributed by atoms with Crippen molar-refractivity contribution in [2.75, 3.05) is 18.5 Å². The minimum atomic E-state index is 0.147. The van der Waals surface area contributed by atoms with Crippen molar-refractivity contribution in [1.82, 2.24) is 15.2 Å². The van der Waals surface area contributed by atoms with Gasteiger partial charge in [0.25, 0.3) is 0 Å².